The smallest absolute Gasteiger partial charge is 0.319 e. The number of methoxy groups -OCH3 is 1. The van der Waals surface area contributed by atoms with E-state index in [1.54, 1.807) is 6.92 Å². The molecule has 0 radical (unpaired) electrons. The molecule has 2 aliphatic heterocycles. The van der Waals surface area contributed by atoms with Gasteiger partial charge in [-0.3, -0.25) is 19.4 Å². The normalized spacial score (nSPS) is 23.3. The Kier molecular flexibility index (Phi) is 12.9. The van der Waals surface area contributed by atoms with E-state index in [0.717, 1.165) is 70.9 Å². The number of unbranched alkanes of at least 4 members (excludes halogenated alkanes) is 2. The molecule has 0 bridgehead atoms. The molecular formula is C36H66N2O4. The van der Waals surface area contributed by atoms with Crippen molar-refractivity contribution in [1.29, 1.82) is 0 Å². The molecule has 6 nitrogen and oxygen atoms in total. The predicted molar refractivity (Wildman–Crippen MR) is 175 cm³/mol. The minimum atomic E-state index is -0.996. The summed E-state index contributed by atoms with van der Waals surface area (Å²) in [5.74, 6) is -0.322. The third-order valence-electron chi connectivity index (χ3n) is 10.4. The molecule has 42 heavy (non-hydrogen) atoms. The van der Waals surface area contributed by atoms with Gasteiger partial charge in [-0.1, -0.05) is 51.7 Å². The van der Waals surface area contributed by atoms with Gasteiger partial charge in [0.1, 0.15) is 17.3 Å². The average Bonchev–Trinajstić information content (AvgIpc) is 2.85. The fraction of sp³-hybridized carbons (Fsp3) is 0.889. The fourth-order valence-corrected chi connectivity index (χ4v) is 8.35. The number of hydrogen-bond donors (Lipinski definition) is 0. The first-order chi connectivity index (χ1) is 19.4. The van der Waals surface area contributed by atoms with Crippen molar-refractivity contribution in [2.24, 2.45) is 5.41 Å². The van der Waals surface area contributed by atoms with Crippen molar-refractivity contribution < 1.29 is 19.1 Å². The Bertz CT molecular complexity index is 875. The van der Waals surface area contributed by atoms with E-state index in [9.17, 15) is 9.59 Å². The monoisotopic (exact) mass is 591 g/mol. The maximum absolute atomic E-state index is 13.7. The van der Waals surface area contributed by atoms with Crippen LogP contribution in [0.3, 0.4) is 0 Å². The van der Waals surface area contributed by atoms with Crippen molar-refractivity contribution in [3.05, 3.63) is 12.2 Å². The number of esters is 1. The molecule has 6 heteroatoms. The van der Waals surface area contributed by atoms with E-state index in [-0.39, 0.29) is 40.0 Å². The molecule has 244 valence electrons. The Morgan fingerprint density at radius 2 is 1.21 bits per heavy atom. The molecule has 0 saturated carbocycles. The lowest BCUT2D eigenvalue weighted by Gasteiger charge is -2.55. The Labute approximate surface area is 259 Å². The number of ketones is 1. The molecule has 0 unspecified atom stereocenters. The number of carbonyl (C=O) groups is 2. The minimum absolute atomic E-state index is 0.0352. The predicted octanol–water partition coefficient (Wildman–Crippen LogP) is 8.12. The van der Waals surface area contributed by atoms with Crippen LogP contribution in [-0.2, 0) is 19.1 Å². The van der Waals surface area contributed by atoms with Gasteiger partial charge in [-0.25, -0.2) is 0 Å². The van der Waals surface area contributed by atoms with Crippen molar-refractivity contribution in [3.8, 4) is 0 Å². The zero-order chi connectivity index (χ0) is 32.0. The van der Waals surface area contributed by atoms with Gasteiger partial charge in [-0.15, -0.1) is 0 Å². The summed E-state index contributed by atoms with van der Waals surface area (Å²) in [4.78, 5) is 31.9. The lowest BCUT2D eigenvalue weighted by molar-refractivity contribution is -0.175. The molecule has 0 aromatic heterocycles. The SMILES string of the molecule is CCCCC(CCCC)(C(C)=O)C(=O)OC1CC(C)(C)N(CCC=CCN2C(C)(C)CC(OC)CC2(C)C)C(C)(C)C1. The summed E-state index contributed by atoms with van der Waals surface area (Å²) in [5.41, 5.74) is -1.08. The highest BCUT2D eigenvalue weighted by Crippen LogP contribution is 2.42. The average molecular weight is 591 g/mol. The lowest BCUT2D eigenvalue weighted by atomic mass is 9.74. The number of likely N-dealkylation sites (tertiary alicyclic amines) is 2. The van der Waals surface area contributed by atoms with Crippen LogP contribution in [-0.4, -0.2) is 76.1 Å². The highest BCUT2D eigenvalue weighted by molar-refractivity contribution is 6.02. The Hall–Kier alpha value is -1.24. The lowest BCUT2D eigenvalue weighted by Crippen LogP contribution is -2.62. The third kappa shape index (κ3) is 8.91. The van der Waals surface area contributed by atoms with Crippen LogP contribution >= 0.6 is 0 Å². The summed E-state index contributed by atoms with van der Waals surface area (Å²) in [5, 5.41) is 0. The van der Waals surface area contributed by atoms with E-state index in [1.807, 2.05) is 7.11 Å². The summed E-state index contributed by atoms with van der Waals surface area (Å²) in [7, 11) is 1.84. The van der Waals surface area contributed by atoms with Gasteiger partial charge in [0.2, 0.25) is 0 Å². The number of piperidine rings is 2. The summed E-state index contributed by atoms with van der Waals surface area (Å²) in [6.07, 6.45) is 14.3. The zero-order valence-corrected chi connectivity index (χ0v) is 29.5. The van der Waals surface area contributed by atoms with Crippen molar-refractivity contribution in [3.63, 3.8) is 0 Å². The van der Waals surface area contributed by atoms with Crippen LogP contribution < -0.4 is 0 Å². The number of hydrogen-bond acceptors (Lipinski definition) is 6. The zero-order valence-electron chi connectivity index (χ0n) is 29.5. The van der Waals surface area contributed by atoms with E-state index >= 15 is 0 Å². The van der Waals surface area contributed by atoms with E-state index < -0.39 is 5.41 Å². The van der Waals surface area contributed by atoms with Gasteiger partial charge in [0.05, 0.1) is 6.10 Å². The molecule has 2 aliphatic rings. The molecule has 2 saturated heterocycles. The van der Waals surface area contributed by atoms with Crippen LogP contribution in [0.15, 0.2) is 12.2 Å². The standard InChI is InChI=1S/C36H66N2O4/c1-13-15-20-36(28(3)39,21-16-14-2)31(40)42-30-26-34(8,9)38(35(10,11)27-30)23-19-17-18-22-37-32(4,5)24-29(41-12)25-33(37,6)7/h17-18,29-30H,13-16,19-27H2,1-12H3. The maximum atomic E-state index is 13.7. The Morgan fingerprint density at radius 3 is 1.64 bits per heavy atom. The molecule has 0 aromatic rings. The van der Waals surface area contributed by atoms with Crippen LogP contribution in [0.5, 0.6) is 0 Å². The summed E-state index contributed by atoms with van der Waals surface area (Å²) in [6.45, 7) is 26.1. The molecule has 0 atom stereocenters. The molecule has 2 heterocycles. The number of rotatable bonds is 15. The minimum Gasteiger partial charge on any atom is -0.461 e. The third-order valence-corrected chi connectivity index (χ3v) is 10.4. The van der Waals surface area contributed by atoms with Crippen LogP contribution in [0.2, 0.25) is 0 Å². The van der Waals surface area contributed by atoms with Crippen LogP contribution in [0.25, 0.3) is 0 Å². The van der Waals surface area contributed by atoms with Crippen molar-refractivity contribution >= 4 is 11.8 Å². The van der Waals surface area contributed by atoms with E-state index in [1.165, 1.54) is 0 Å². The molecule has 0 N–H and O–H groups in total. The summed E-state index contributed by atoms with van der Waals surface area (Å²) < 4.78 is 12.0. The first-order valence-corrected chi connectivity index (χ1v) is 16.8. The fourth-order valence-electron chi connectivity index (χ4n) is 8.35. The van der Waals surface area contributed by atoms with Crippen LogP contribution in [0.4, 0.5) is 0 Å². The number of carbonyl (C=O) groups excluding carboxylic acids is 2. The van der Waals surface area contributed by atoms with Crippen molar-refractivity contribution in [2.75, 3.05) is 20.2 Å². The van der Waals surface area contributed by atoms with E-state index in [4.69, 9.17) is 9.47 Å². The van der Waals surface area contributed by atoms with Gasteiger partial charge in [-0.05, 0) is 94.4 Å². The first-order valence-electron chi connectivity index (χ1n) is 16.8. The van der Waals surface area contributed by atoms with E-state index in [2.05, 4.69) is 91.2 Å². The Balaban J connectivity index is 2.06. The summed E-state index contributed by atoms with van der Waals surface area (Å²) in [6, 6.07) is 0. The largest absolute Gasteiger partial charge is 0.461 e. The molecule has 0 aromatic carbocycles. The van der Waals surface area contributed by atoms with Gasteiger partial charge in [0.15, 0.2) is 0 Å². The van der Waals surface area contributed by atoms with Gasteiger partial charge in [-0.2, -0.15) is 0 Å². The van der Waals surface area contributed by atoms with Gasteiger partial charge >= 0.3 is 5.97 Å². The number of Topliss-reactive ketones (excluding diaryl/α,β-unsaturated/α-hetero) is 1. The highest BCUT2D eigenvalue weighted by atomic mass is 16.5. The van der Waals surface area contributed by atoms with Gasteiger partial charge < -0.3 is 9.47 Å². The van der Waals surface area contributed by atoms with Crippen molar-refractivity contribution in [1.82, 2.24) is 9.80 Å². The van der Waals surface area contributed by atoms with E-state index in [0.29, 0.717) is 18.9 Å². The topological polar surface area (TPSA) is 59.1 Å². The van der Waals surface area contributed by atoms with Gasteiger partial charge in [0.25, 0.3) is 0 Å². The maximum Gasteiger partial charge on any atom is 0.319 e. The molecule has 0 amide bonds. The second kappa shape index (κ2) is 14.7. The second-order valence-corrected chi connectivity index (χ2v) is 15.8. The quantitative estimate of drug-likeness (QED) is 0.109. The molecule has 2 rings (SSSR count). The molecule has 2 fully saturated rings. The van der Waals surface area contributed by atoms with Crippen LogP contribution in [0, 0.1) is 5.41 Å². The van der Waals surface area contributed by atoms with Crippen molar-refractivity contribution in [2.45, 2.75) is 181 Å². The number of ether oxygens (including phenoxy) is 2. The number of nitrogens with zero attached hydrogens (tertiary/aromatic N) is 2. The first kappa shape index (κ1) is 36.9. The second-order valence-electron chi connectivity index (χ2n) is 15.8. The molecule has 0 aliphatic carbocycles. The molecular weight excluding hydrogens is 524 g/mol. The molecule has 0 spiro atoms. The van der Waals surface area contributed by atoms with Crippen LogP contribution in [0.1, 0.15) is 147 Å². The highest BCUT2D eigenvalue weighted by Gasteiger charge is 2.49. The summed E-state index contributed by atoms with van der Waals surface area (Å²) >= 11 is 0. The van der Waals surface area contributed by atoms with Gasteiger partial charge in [0, 0.05) is 55.2 Å². The Morgan fingerprint density at radius 1 is 0.762 bits per heavy atom.